The summed E-state index contributed by atoms with van der Waals surface area (Å²) in [5.74, 6) is 0.630. The lowest BCUT2D eigenvalue weighted by molar-refractivity contribution is -0.119. The van der Waals surface area contributed by atoms with Crippen molar-refractivity contribution in [1.29, 1.82) is 0 Å². The van der Waals surface area contributed by atoms with E-state index in [-0.39, 0.29) is 5.91 Å². The molecule has 1 heterocycles. The van der Waals surface area contributed by atoms with Gasteiger partial charge in [0.2, 0.25) is 5.91 Å². The number of carbonyl (C=O) groups is 1. The largest absolute Gasteiger partial charge is 0.385 e. The Labute approximate surface area is 108 Å². The molecule has 0 radical (unpaired) electrons. The average molecular weight is 244 g/mol. The molecule has 0 fully saturated rings. The predicted octanol–water partition coefficient (Wildman–Crippen LogP) is 2.41. The van der Waals surface area contributed by atoms with Gasteiger partial charge >= 0.3 is 0 Å². The van der Waals surface area contributed by atoms with Gasteiger partial charge in [-0.2, -0.15) is 0 Å². The summed E-state index contributed by atoms with van der Waals surface area (Å²) in [6, 6.07) is 0. The molecule has 0 spiro atoms. The van der Waals surface area contributed by atoms with Crippen molar-refractivity contribution in [3.8, 4) is 0 Å². The molecule has 2 rings (SSSR count). The second-order valence-electron chi connectivity index (χ2n) is 4.98. The van der Waals surface area contributed by atoms with Crippen molar-refractivity contribution in [3.63, 3.8) is 0 Å². The van der Waals surface area contributed by atoms with Crippen LogP contribution >= 0.6 is 0 Å². The zero-order chi connectivity index (χ0) is 13.0. The second kappa shape index (κ2) is 5.71. The highest BCUT2D eigenvalue weighted by molar-refractivity contribution is 5.81. The topological polar surface area (TPSA) is 41.1 Å². The number of rotatable bonds is 3. The molecule has 2 aliphatic rings. The Hall–Kier alpha value is -1.77. The monoisotopic (exact) mass is 244 g/mol. The van der Waals surface area contributed by atoms with Crippen LogP contribution in [0.3, 0.4) is 0 Å². The van der Waals surface area contributed by atoms with Gasteiger partial charge in [0.25, 0.3) is 0 Å². The number of hydrogen-bond donors (Lipinski definition) is 2. The Morgan fingerprint density at radius 3 is 2.94 bits per heavy atom. The number of nitrogens with one attached hydrogen (secondary N) is 2. The summed E-state index contributed by atoms with van der Waals surface area (Å²) < 4.78 is 0. The van der Waals surface area contributed by atoms with Crippen molar-refractivity contribution in [2.45, 2.75) is 26.7 Å². The molecule has 0 aromatic rings. The van der Waals surface area contributed by atoms with Crippen LogP contribution in [0.25, 0.3) is 0 Å². The van der Waals surface area contributed by atoms with Crippen molar-refractivity contribution in [2.24, 2.45) is 5.92 Å². The van der Waals surface area contributed by atoms with Gasteiger partial charge in [-0.1, -0.05) is 25.2 Å². The van der Waals surface area contributed by atoms with Crippen molar-refractivity contribution < 1.29 is 4.79 Å². The van der Waals surface area contributed by atoms with Gasteiger partial charge in [0.15, 0.2) is 0 Å². The highest BCUT2D eigenvalue weighted by Gasteiger charge is 2.10. The molecule has 0 saturated carbocycles. The molecule has 2 N–H and O–H groups in total. The summed E-state index contributed by atoms with van der Waals surface area (Å²) in [5.41, 5.74) is 3.19. The Morgan fingerprint density at radius 2 is 2.33 bits per heavy atom. The smallest absolute Gasteiger partial charge is 0.228 e. The van der Waals surface area contributed by atoms with Gasteiger partial charge in [0, 0.05) is 24.4 Å². The predicted molar refractivity (Wildman–Crippen MR) is 73.6 cm³/mol. The first kappa shape index (κ1) is 12.7. The number of hydrogen-bond acceptors (Lipinski definition) is 2. The standard InChI is InChI=1S/C15H20N2O/c1-11-3-7-14(8-4-11)17-15(18)9-13-6-5-12(2)16-10-13/h3,5-8,11,16H,4,9-10H2,1-2H3,(H,17,18). The molecule has 3 heteroatoms. The molecule has 96 valence electrons. The van der Waals surface area contributed by atoms with Crippen LogP contribution in [0.15, 0.2) is 47.3 Å². The molecule has 3 nitrogen and oxygen atoms in total. The minimum atomic E-state index is 0.0569. The lowest BCUT2D eigenvalue weighted by Crippen LogP contribution is -2.26. The zero-order valence-electron chi connectivity index (χ0n) is 11.0. The summed E-state index contributed by atoms with van der Waals surface area (Å²) in [5, 5.41) is 6.18. The normalized spacial score (nSPS) is 22.6. The first-order valence-electron chi connectivity index (χ1n) is 6.42. The lowest BCUT2D eigenvalue weighted by atomic mass is 10.0. The van der Waals surface area contributed by atoms with Gasteiger partial charge in [-0.05, 0) is 37.0 Å². The van der Waals surface area contributed by atoms with Crippen LogP contribution in [0.2, 0.25) is 0 Å². The summed E-state index contributed by atoms with van der Waals surface area (Å²) in [6.45, 7) is 4.95. The van der Waals surface area contributed by atoms with E-state index in [0.29, 0.717) is 12.3 Å². The van der Waals surface area contributed by atoms with Gasteiger partial charge in [-0.15, -0.1) is 0 Å². The molecule has 0 bridgehead atoms. The number of dihydropyridines is 1. The Morgan fingerprint density at radius 1 is 1.50 bits per heavy atom. The Kier molecular flexibility index (Phi) is 4.03. The van der Waals surface area contributed by atoms with Crippen molar-refractivity contribution in [3.05, 3.63) is 47.3 Å². The molecule has 1 aliphatic heterocycles. The van der Waals surface area contributed by atoms with E-state index in [2.05, 4.69) is 29.7 Å². The van der Waals surface area contributed by atoms with Gasteiger partial charge in [-0.3, -0.25) is 4.79 Å². The average Bonchev–Trinajstić information content (AvgIpc) is 2.35. The van der Waals surface area contributed by atoms with E-state index in [4.69, 9.17) is 0 Å². The van der Waals surface area contributed by atoms with Crippen LogP contribution in [0, 0.1) is 5.92 Å². The maximum Gasteiger partial charge on any atom is 0.228 e. The van der Waals surface area contributed by atoms with E-state index < -0.39 is 0 Å². The van der Waals surface area contributed by atoms with Crippen LogP contribution in [-0.2, 0) is 4.79 Å². The zero-order valence-corrected chi connectivity index (χ0v) is 11.0. The molecule has 1 aliphatic carbocycles. The molecular weight excluding hydrogens is 224 g/mol. The first-order chi connectivity index (χ1) is 8.63. The van der Waals surface area contributed by atoms with Crippen LogP contribution in [0.4, 0.5) is 0 Å². The molecule has 18 heavy (non-hydrogen) atoms. The molecule has 0 aromatic carbocycles. The quantitative estimate of drug-likeness (QED) is 0.800. The molecule has 1 unspecified atom stereocenters. The van der Waals surface area contributed by atoms with Crippen molar-refractivity contribution >= 4 is 5.91 Å². The molecule has 1 amide bonds. The highest BCUT2D eigenvalue weighted by Crippen LogP contribution is 2.14. The van der Waals surface area contributed by atoms with Gasteiger partial charge in [-0.25, -0.2) is 0 Å². The van der Waals surface area contributed by atoms with Crippen LogP contribution < -0.4 is 10.6 Å². The highest BCUT2D eigenvalue weighted by atomic mass is 16.1. The van der Waals surface area contributed by atoms with E-state index in [1.165, 1.54) is 0 Å². The van der Waals surface area contributed by atoms with Crippen LogP contribution in [0.1, 0.15) is 26.7 Å². The van der Waals surface area contributed by atoms with Gasteiger partial charge in [0.1, 0.15) is 0 Å². The Balaban J connectivity index is 1.85. The molecule has 0 saturated heterocycles. The molecular formula is C15H20N2O. The third-order valence-corrected chi connectivity index (χ3v) is 3.15. The van der Waals surface area contributed by atoms with Gasteiger partial charge in [0.05, 0.1) is 0 Å². The first-order valence-corrected chi connectivity index (χ1v) is 6.42. The number of allylic oxidation sites excluding steroid dienone is 6. The van der Waals surface area contributed by atoms with Crippen LogP contribution in [-0.4, -0.2) is 12.5 Å². The second-order valence-corrected chi connectivity index (χ2v) is 4.98. The third-order valence-electron chi connectivity index (χ3n) is 3.15. The van der Waals surface area contributed by atoms with E-state index in [1.54, 1.807) is 0 Å². The Bertz CT molecular complexity index is 455. The lowest BCUT2D eigenvalue weighted by Gasteiger charge is -2.16. The van der Waals surface area contributed by atoms with Gasteiger partial charge < -0.3 is 10.6 Å². The SMILES string of the molecule is CC1=CC=C(CC(=O)NC2=CCC(C)C=C2)CN1. The number of amides is 1. The maximum absolute atomic E-state index is 11.9. The summed E-state index contributed by atoms with van der Waals surface area (Å²) in [6.07, 6.45) is 11.7. The minimum absolute atomic E-state index is 0.0569. The summed E-state index contributed by atoms with van der Waals surface area (Å²) in [4.78, 5) is 11.9. The molecule has 0 aromatic heterocycles. The fourth-order valence-electron chi connectivity index (χ4n) is 1.97. The van der Waals surface area contributed by atoms with E-state index >= 15 is 0 Å². The fourth-order valence-corrected chi connectivity index (χ4v) is 1.97. The number of carbonyl (C=O) groups excluding carboxylic acids is 1. The summed E-state index contributed by atoms with van der Waals surface area (Å²) >= 11 is 0. The maximum atomic E-state index is 11.9. The van der Waals surface area contributed by atoms with E-state index in [9.17, 15) is 4.79 Å². The summed E-state index contributed by atoms with van der Waals surface area (Å²) in [7, 11) is 0. The minimum Gasteiger partial charge on any atom is -0.385 e. The van der Waals surface area contributed by atoms with Crippen molar-refractivity contribution in [1.82, 2.24) is 10.6 Å². The van der Waals surface area contributed by atoms with E-state index in [1.807, 2.05) is 25.2 Å². The van der Waals surface area contributed by atoms with Crippen molar-refractivity contribution in [2.75, 3.05) is 6.54 Å². The van der Waals surface area contributed by atoms with E-state index in [0.717, 1.165) is 29.9 Å². The molecule has 1 atom stereocenters. The fraction of sp³-hybridized carbons (Fsp3) is 0.400. The third kappa shape index (κ3) is 3.62. The van der Waals surface area contributed by atoms with Crippen LogP contribution in [0.5, 0.6) is 0 Å².